The van der Waals surface area contributed by atoms with Crippen LogP contribution in [0.2, 0.25) is 5.02 Å². The molecule has 5 aromatic rings. The first-order valence-corrected chi connectivity index (χ1v) is 12.1. The lowest BCUT2D eigenvalue weighted by Gasteiger charge is -2.15. The maximum Gasteiger partial charge on any atom is 0.338 e. The number of hydrogen-bond donors (Lipinski definition) is 1. The zero-order valence-corrected chi connectivity index (χ0v) is 20.4. The number of aryl methyl sites for hydroxylation is 1. The maximum absolute atomic E-state index is 13.2. The molecular weight excluding hydrogens is 500 g/mol. The first-order chi connectivity index (χ1) is 17.4. The quantitative estimate of drug-likeness (QED) is 0.326. The van der Waals surface area contributed by atoms with Gasteiger partial charge in [-0.1, -0.05) is 17.7 Å². The monoisotopic (exact) mass is 516 g/mol. The van der Waals surface area contributed by atoms with Crippen molar-refractivity contribution < 1.29 is 14.6 Å². The summed E-state index contributed by atoms with van der Waals surface area (Å²) in [6, 6.07) is 14.0. The summed E-state index contributed by atoms with van der Waals surface area (Å²) in [7, 11) is 0. The summed E-state index contributed by atoms with van der Waals surface area (Å²) in [6.45, 7) is 2.10. The van der Waals surface area contributed by atoms with Crippen molar-refractivity contribution in [2.75, 3.05) is 6.61 Å². The lowest BCUT2D eigenvalue weighted by Crippen LogP contribution is -2.27. The molecule has 8 nitrogen and oxygen atoms in total. The summed E-state index contributed by atoms with van der Waals surface area (Å²) in [4.78, 5) is 33.5. The van der Waals surface area contributed by atoms with Gasteiger partial charge < -0.3 is 9.84 Å². The number of pyridine rings is 1. The number of carbonyl (C=O) groups is 1. The van der Waals surface area contributed by atoms with Crippen LogP contribution >= 0.6 is 22.9 Å². The molecule has 178 valence electrons. The fourth-order valence-electron chi connectivity index (χ4n) is 4.11. The Balaban J connectivity index is 1.49. The van der Waals surface area contributed by atoms with Crippen LogP contribution in [0.3, 0.4) is 0 Å². The van der Waals surface area contributed by atoms with Crippen molar-refractivity contribution in [3.63, 3.8) is 0 Å². The second kappa shape index (κ2) is 9.41. The predicted octanol–water partition coefficient (Wildman–Crippen LogP) is 5.28. The topological polar surface area (TPSA) is 118 Å². The number of hydrogen-bond acceptors (Lipinski definition) is 7. The van der Waals surface area contributed by atoms with Crippen LogP contribution in [0, 0.1) is 18.3 Å². The molecule has 0 spiro atoms. The van der Waals surface area contributed by atoms with Crippen LogP contribution in [0.5, 0.6) is 5.75 Å². The number of aromatic nitrogens is 3. The van der Waals surface area contributed by atoms with Crippen LogP contribution in [0.1, 0.15) is 21.7 Å². The van der Waals surface area contributed by atoms with Gasteiger partial charge in [-0.25, -0.2) is 9.78 Å². The summed E-state index contributed by atoms with van der Waals surface area (Å²) in [5.74, 6) is -0.00897. The van der Waals surface area contributed by atoms with Gasteiger partial charge in [-0.05, 0) is 43.3 Å². The Kier molecular flexibility index (Phi) is 6.14. The molecule has 0 aliphatic heterocycles. The summed E-state index contributed by atoms with van der Waals surface area (Å²) in [6.07, 6.45) is 1.55. The molecule has 0 aliphatic carbocycles. The maximum atomic E-state index is 13.2. The Hall–Kier alpha value is -4.26. The van der Waals surface area contributed by atoms with Crippen LogP contribution in [-0.4, -0.2) is 32.2 Å². The molecule has 0 amide bonds. The fraction of sp³-hybridized carbons (Fsp3) is 0.115. The molecule has 0 bridgehead atoms. The van der Waals surface area contributed by atoms with E-state index in [1.54, 1.807) is 61.0 Å². The highest BCUT2D eigenvalue weighted by molar-refractivity contribution is 7.18. The van der Waals surface area contributed by atoms with Crippen molar-refractivity contribution in [3.8, 4) is 22.9 Å². The summed E-state index contributed by atoms with van der Waals surface area (Å²) < 4.78 is 8.28. The summed E-state index contributed by atoms with van der Waals surface area (Å²) in [5.41, 5.74) is 2.41. The summed E-state index contributed by atoms with van der Waals surface area (Å²) >= 11 is 7.57. The standard InChI is InChI=1S/C26H17ClN4O4S/c1-14-30-20-4-2-3-15(12-28)22(20)25(32)31(14)9-10-35-21-6-5-16(27)11-18(21)17-7-8-29-23-19(26(33)34)13-36-24(17)23/h2-8,11,13H,9-10H2,1H3,(H,33,34). The molecule has 3 aromatic heterocycles. The van der Waals surface area contributed by atoms with Crippen LogP contribution in [0.15, 0.2) is 58.8 Å². The summed E-state index contributed by atoms with van der Waals surface area (Å²) in [5, 5.41) is 21.2. The second-order valence-electron chi connectivity index (χ2n) is 7.91. The number of rotatable bonds is 6. The Morgan fingerprint density at radius 2 is 2.08 bits per heavy atom. The largest absolute Gasteiger partial charge is 0.491 e. The van der Waals surface area contributed by atoms with E-state index in [1.807, 2.05) is 0 Å². The zero-order chi connectivity index (χ0) is 25.4. The zero-order valence-electron chi connectivity index (χ0n) is 18.9. The van der Waals surface area contributed by atoms with Gasteiger partial charge in [0, 0.05) is 27.7 Å². The van der Waals surface area contributed by atoms with Crippen molar-refractivity contribution in [2.24, 2.45) is 0 Å². The van der Waals surface area contributed by atoms with Gasteiger partial charge in [-0.15, -0.1) is 11.3 Å². The van der Waals surface area contributed by atoms with E-state index in [1.165, 1.54) is 15.9 Å². The lowest BCUT2D eigenvalue weighted by molar-refractivity contribution is 0.0699. The molecule has 10 heteroatoms. The minimum absolute atomic E-state index is 0.136. The molecule has 0 unspecified atom stereocenters. The number of nitrogens with zero attached hydrogens (tertiary/aromatic N) is 4. The van der Waals surface area contributed by atoms with Gasteiger partial charge in [0.1, 0.15) is 24.3 Å². The van der Waals surface area contributed by atoms with E-state index >= 15 is 0 Å². The van der Waals surface area contributed by atoms with Crippen LogP contribution in [0.25, 0.3) is 32.2 Å². The molecule has 36 heavy (non-hydrogen) atoms. The van der Waals surface area contributed by atoms with E-state index in [0.717, 1.165) is 5.56 Å². The first kappa shape index (κ1) is 23.5. The third kappa shape index (κ3) is 4.06. The molecule has 0 radical (unpaired) electrons. The molecule has 2 aromatic carbocycles. The van der Waals surface area contributed by atoms with E-state index in [0.29, 0.717) is 37.9 Å². The van der Waals surface area contributed by atoms with Gasteiger partial charge in [-0.2, -0.15) is 5.26 Å². The first-order valence-electron chi connectivity index (χ1n) is 10.8. The SMILES string of the molecule is Cc1nc2cccc(C#N)c2c(=O)n1CCOc1ccc(Cl)cc1-c1ccnc2c(C(=O)O)csc12. The van der Waals surface area contributed by atoms with E-state index in [-0.39, 0.29) is 35.2 Å². The van der Waals surface area contributed by atoms with Crippen LogP contribution in [0.4, 0.5) is 0 Å². The van der Waals surface area contributed by atoms with Crippen molar-refractivity contribution in [3.05, 3.63) is 86.4 Å². The highest BCUT2D eigenvalue weighted by Gasteiger charge is 2.18. The minimum Gasteiger partial charge on any atom is -0.491 e. The van der Waals surface area contributed by atoms with Gasteiger partial charge in [-0.3, -0.25) is 14.3 Å². The van der Waals surface area contributed by atoms with Gasteiger partial charge in [0.2, 0.25) is 0 Å². The fourth-order valence-corrected chi connectivity index (χ4v) is 5.31. The lowest BCUT2D eigenvalue weighted by atomic mass is 10.0. The van der Waals surface area contributed by atoms with Crippen LogP contribution in [-0.2, 0) is 6.54 Å². The van der Waals surface area contributed by atoms with E-state index in [9.17, 15) is 20.0 Å². The Bertz CT molecular complexity index is 1770. The highest BCUT2D eigenvalue weighted by Crippen LogP contribution is 2.39. The number of nitriles is 1. The van der Waals surface area contributed by atoms with Gasteiger partial charge >= 0.3 is 5.97 Å². The van der Waals surface area contributed by atoms with E-state index in [2.05, 4.69) is 16.0 Å². The number of benzene rings is 2. The third-order valence-corrected chi connectivity index (χ3v) is 7.02. The molecule has 3 heterocycles. The number of carboxylic acid groups (broad SMARTS) is 1. The molecule has 0 atom stereocenters. The number of thiophene rings is 1. The Morgan fingerprint density at radius 3 is 2.86 bits per heavy atom. The van der Waals surface area contributed by atoms with Gasteiger partial charge in [0.25, 0.3) is 5.56 Å². The predicted molar refractivity (Wildman–Crippen MR) is 138 cm³/mol. The third-order valence-electron chi connectivity index (χ3n) is 5.78. The van der Waals surface area contributed by atoms with Gasteiger partial charge in [0.05, 0.1) is 38.8 Å². The average Bonchev–Trinajstić information content (AvgIpc) is 3.31. The number of fused-ring (bicyclic) bond motifs is 2. The van der Waals surface area contributed by atoms with Crippen molar-refractivity contribution >= 4 is 50.0 Å². The Morgan fingerprint density at radius 1 is 1.25 bits per heavy atom. The number of aromatic carboxylic acids is 1. The van der Waals surface area contributed by atoms with Crippen molar-refractivity contribution in [1.29, 1.82) is 5.26 Å². The second-order valence-corrected chi connectivity index (χ2v) is 9.22. The number of halogens is 1. The molecule has 1 N–H and O–H groups in total. The molecule has 0 saturated heterocycles. The molecule has 0 saturated carbocycles. The Labute approximate surface area is 213 Å². The number of carboxylic acids is 1. The molecule has 0 fully saturated rings. The molecular formula is C26H17ClN4O4S. The number of ether oxygens (including phenoxy) is 1. The minimum atomic E-state index is -1.04. The highest BCUT2D eigenvalue weighted by atomic mass is 35.5. The normalized spacial score (nSPS) is 11.0. The van der Waals surface area contributed by atoms with E-state index in [4.69, 9.17) is 16.3 Å². The molecule has 5 rings (SSSR count). The van der Waals surface area contributed by atoms with Crippen LogP contribution < -0.4 is 10.3 Å². The van der Waals surface area contributed by atoms with Crippen molar-refractivity contribution in [2.45, 2.75) is 13.5 Å². The molecule has 0 aliphatic rings. The van der Waals surface area contributed by atoms with Crippen molar-refractivity contribution in [1.82, 2.24) is 14.5 Å². The smallest absolute Gasteiger partial charge is 0.338 e. The van der Waals surface area contributed by atoms with Gasteiger partial charge in [0.15, 0.2) is 0 Å². The van der Waals surface area contributed by atoms with E-state index < -0.39 is 5.97 Å². The average molecular weight is 517 g/mol.